The number of carbonyl (C=O) groups excluding carboxylic acids is 1. The predicted octanol–water partition coefficient (Wildman–Crippen LogP) is 5.18. The van der Waals surface area contributed by atoms with Crippen LogP contribution in [0.3, 0.4) is 0 Å². The lowest BCUT2D eigenvalue weighted by Crippen LogP contribution is -2.49. The maximum atomic E-state index is 16.3. The molecule has 0 saturated heterocycles. The smallest absolute Gasteiger partial charge is 0.257 e. The first-order valence-corrected chi connectivity index (χ1v) is 13.1. The molecule has 0 bridgehead atoms. The van der Waals surface area contributed by atoms with Gasteiger partial charge in [0, 0.05) is 22.2 Å². The van der Waals surface area contributed by atoms with Crippen molar-refractivity contribution in [3.05, 3.63) is 99.1 Å². The van der Waals surface area contributed by atoms with Gasteiger partial charge in [-0.3, -0.25) is 14.7 Å². The van der Waals surface area contributed by atoms with E-state index in [-0.39, 0.29) is 29.9 Å². The van der Waals surface area contributed by atoms with E-state index >= 15 is 4.39 Å². The predicted molar refractivity (Wildman–Crippen MR) is 142 cm³/mol. The molecule has 1 saturated carbocycles. The van der Waals surface area contributed by atoms with Crippen LogP contribution in [0.5, 0.6) is 0 Å². The van der Waals surface area contributed by atoms with Crippen molar-refractivity contribution in [3.63, 3.8) is 0 Å². The molecule has 5 rings (SSSR count). The summed E-state index contributed by atoms with van der Waals surface area (Å²) >= 11 is 6.21. The number of ether oxygens (including phenoxy) is 1. The van der Waals surface area contributed by atoms with Gasteiger partial charge in [-0.15, -0.1) is 0 Å². The van der Waals surface area contributed by atoms with Crippen molar-refractivity contribution >= 4 is 17.5 Å². The number of hydrogen-bond donors (Lipinski definition) is 2. The Bertz CT molecular complexity index is 1460. The molecule has 2 aromatic carbocycles. The van der Waals surface area contributed by atoms with Gasteiger partial charge < -0.3 is 14.9 Å². The third-order valence-electron chi connectivity index (χ3n) is 7.77. The lowest BCUT2D eigenvalue weighted by Gasteiger charge is -2.43. The summed E-state index contributed by atoms with van der Waals surface area (Å²) in [6.45, 7) is 4.79. The van der Waals surface area contributed by atoms with Gasteiger partial charge in [0.2, 0.25) is 5.72 Å². The van der Waals surface area contributed by atoms with Crippen LogP contribution in [0.1, 0.15) is 78.0 Å². The minimum Gasteiger partial charge on any atom is -0.396 e. The molecule has 1 amide bonds. The fourth-order valence-electron chi connectivity index (χ4n) is 5.13. The lowest BCUT2D eigenvalue weighted by molar-refractivity contribution is -0.139. The Balaban J connectivity index is 1.77. The Hall–Kier alpha value is -3.35. The maximum absolute atomic E-state index is 16.3. The summed E-state index contributed by atoms with van der Waals surface area (Å²) in [6, 6.07) is 14.0. The largest absolute Gasteiger partial charge is 0.396 e. The number of halogens is 2. The highest BCUT2D eigenvalue weighted by atomic mass is 35.5. The number of nitrogens with zero attached hydrogens (tertiary/aromatic N) is 3. The maximum Gasteiger partial charge on any atom is 0.257 e. The molecule has 39 heavy (non-hydrogen) atoms. The summed E-state index contributed by atoms with van der Waals surface area (Å²) in [7, 11) is 0. The van der Waals surface area contributed by atoms with Gasteiger partial charge in [0.15, 0.2) is 0 Å². The fourth-order valence-corrected chi connectivity index (χ4v) is 5.26. The van der Waals surface area contributed by atoms with Gasteiger partial charge in [-0.2, -0.15) is 5.26 Å². The molecule has 2 heterocycles. The zero-order valence-electron chi connectivity index (χ0n) is 21.9. The van der Waals surface area contributed by atoms with Crippen LogP contribution in [-0.4, -0.2) is 39.2 Å². The number of pyridine rings is 1. The first kappa shape index (κ1) is 27.2. The fraction of sp³-hybridized carbons (Fsp3) is 0.367. The van der Waals surface area contributed by atoms with E-state index in [1.54, 1.807) is 43.3 Å². The Morgan fingerprint density at radius 3 is 2.46 bits per heavy atom. The molecule has 1 fully saturated rings. The number of amides is 1. The summed E-state index contributed by atoms with van der Waals surface area (Å²) in [5.74, 6) is -1.21. The highest BCUT2D eigenvalue weighted by Gasteiger charge is 2.58. The van der Waals surface area contributed by atoms with Crippen molar-refractivity contribution < 1.29 is 24.1 Å². The Morgan fingerprint density at radius 1 is 1.23 bits per heavy atom. The van der Waals surface area contributed by atoms with Crippen molar-refractivity contribution in [2.45, 2.75) is 51.0 Å². The van der Waals surface area contributed by atoms with Crippen LogP contribution in [0.2, 0.25) is 5.02 Å². The first-order valence-electron chi connectivity index (χ1n) is 12.7. The molecule has 0 unspecified atom stereocenters. The van der Waals surface area contributed by atoms with Crippen LogP contribution < -0.4 is 0 Å². The molecule has 0 spiro atoms. The third kappa shape index (κ3) is 4.60. The molecule has 202 valence electrons. The minimum atomic E-state index is -1.72. The molecule has 1 aromatic heterocycles. The van der Waals surface area contributed by atoms with E-state index in [4.69, 9.17) is 16.3 Å². The number of hydrogen-bond acceptors (Lipinski definition) is 6. The van der Waals surface area contributed by atoms with E-state index in [9.17, 15) is 20.3 Å². The molecule has 2 N–H and O–H groups in total. The second-order valence-electron chi connectivity index (χ2n) is 11.0. The molecule has 3 aromatic rings. The topological polar surface area (TPSA) is 107 Å². The number of benzene rings is 2. The van der Waals surface area contributed by atoms with Crippen LogP contribution in [0, 0.1) is 22.6 Å². The number of rotatable bonds is 8. The Labute approximate surface area is 231 Å². The summed E-state index contributed by atoms with van der Waals surface area (Å²) < 4.78 is 22.9. The highest BCUT2D eigenvalue weighted by molar-refractivity contribution is 6.30. The second-order valence-corrected chi connectivity index (χ2v) is 11.4. The molecule has 1 aliphatic heterocycles. The van der Waals surface area contributed by atoms with Crippen LogP contribution in [0.15, 0.2) is 54.7 Å². The van der Waals surface area contributed by atoms with Crippen molar-refractivity contribution in [1.29, 1.82) is 5.26 Å². The molecule has 2 atom stereocenters. The van der Waals surface area contributed by atoms with Gasteiger partial charge in [-0.1, -0.05) is 23.7 Å². The average molecular weight is 550 g/mol. The van der Waals surface area contributed by atoms with Crippen LogP contribution >= 0.6 is 11.6 Å². The average Bonchev–Trinajstić information content (AvgIpc) is 3.65. The summed E-state index contributed by atoms with van der Waals surface area (Å²) in [5.41, 5.74) is -1.95. The number of carbonyl (C=O) groups is 1. The van der Waals surface area contributed by atoms with Crippen LogP contribution in [0.25, 0.3) is 0 Å². The number of aliphatic hydroxyl groups is 2. The van der Waals surface area contributed by atoms with Gasteiger partial charge >= 0.3 is 0 Å². The van der Waals surface area contributed by atoms with E-state index < -0.39 is 34.5 Å². The van der Waals surface area contributed by atoms with Crippen molar-refractivity contribution in [3.8, 4) is 6.07 Å². The number of nitriles is 1. The zero-order valence-corrected chi connectivity index (χ0v) is 22.7. The van der Waals surface area contributed by atoms with E-state index in [2.05, 4.69) is 4.98 Å². The van der Waals surface area contributed by atoms with Gasteiger partial charge in [0.05, 0.1) is 47.2 Å². The summed E-state index contributed by atoms with van der Waals surface area (Å²) in [5, 5.41) is 30.4. The van der Waals surface area contributed by atoms with Crippen LogP contribution in [-0.2, 0) is 16.1 Å². The van der Waals surface area contributed by atoms with Crippen molar-refractivity contribution in [2.24, 2.45) is 5.41 Å². The molecule has 2 aliphatic rings. The van der Waals surface area contributed by atoms with E-state index in [1.165, 1.54) is 37.1 Å². The third-order valence-corrected chi connectivity index (χ3v) is 8.02. The SMILES string of the molecule is C[C@H](c1ccc(C#N)cn1)N1C(=O)c2cc(C(C)(C)O)cc(F)c2[C@]1(OCC1(CO)CC1)c1ccc(Cl)cc1. The minimum absolute atomic E-state index is 0.0251. The molecule has 0 radical (unpaired) electrons. The van der Waals surface area contributed by atoms with Gasteiger partial charge in [-0.25, -0.2) is 4.39 Å². The van der Waals surface area contributed by atoms with Gasteiger partial charge in [-0.05, 0) is 75.6 Å². The van der Waals surface area contributed by atoms with Crippen molar-refractivity contribution in [2.75, 3.05) is 13.2 Å². The van der Waals surface area contributed by atoms with Gasteiger partial charge in [0.1, 0.15) is 11.9 Å². The zero-order chi connectivity index (χ0) is 28.2. The molecule has 9 heteroatoms. The second kappa shape index (κ2) is 9.68. The van der Waals surface area contributed by atoms with Gasteiger partial charge in [0.25, 0.3) is 5.91 Å². The van der Waals surface area contributed by atoms with E-state index in [1.807, 2.05) is 6.07 Å². The molecular weight excluding hydrogens is 521 g/mol. The normalized spacial score (nSPS) is 20.5. The number of fused-ring (bicyclic) bond motifs is 1. The van der Waals surface area contributed by atoms with Crippen molar-refractivity contribution in [1.82, 2.24) is 9.88 Å². The monoisotopic (exact) mass is 549 g/mol. The Kier molecular flexibility index (Phi) is 6.76. The quantitative estimate of drug-likeness (QED) is 0.401. The molecular formula is C30H29ClFN3O4. The summed E-state index contributed by atoms with van der Waals surface area (Å²) in [6.07, 6.45) is 2.91. The highest BCUT2D eigenvalue weighted by Crippen LogP contribution is 2.54. The standard InChI is InChI=1S/C30H29ClFN3O4/c1-18(25-9-4-19(14-33)15-34-25)35-27(37)23-12-21(28(2,3)38)13-24(32)26(23)30(35,20-5-7-22(31)8-6-20)39-17-29(16-36)10-11-29/h4-9,12-13,15,18,36,38H,10-11,16-17H2,1-3H3/t18-,30-/m1/s1. The first-order chi connectivity index (χ1) is 18.5. The van der Waals surface area contributed by atoms with Crippen LogP contribution in [0.4, 0.5) is 4.39 Å². The Morgan fingerprint density at radius 2 is 1.92 bits per heavy atom. The lowest BCUT2D eigenvalue weighted by atomic mass is 9.88. The number of aromatic nitrogens is 1. The van der Waals surface area contributed by atoms with E-state index in [0.29, 0.717) is 21.8 Å². The number of aliphatic hydroxyl groups excluding tert-OH is 1. The molecule has 7 nitrogen and oxygen atoms in total. The van der Waals surface area contributed by atoms with E-state index in [0.717, 1.165) is 12.8 Å². The molecule has 1 aliphatic carbocycles. The summed E-state index contributed by atoms with van der Waals surface area (Å²) in [4.78, 5) is 20.1.